The Morgan fingerprint density at radius 3 is 2.10 bits per heavy atom. The van der Waals surface area contributed by atoms with Gasteiger partial charge in [-0.25, -0.2) is 12.8 Å². The lowest BCUT2D eigenvalue weighted by atomic mass is 10.1. The monoisotopic (exact) mass is 429 g/mol. The van der Waals surface area contributed by atoms with Gasteiger partial charge in [0.05, 0.1) is 30.8 Å². The number of hydrogen-bond acceptors (Lipinski definition) is 4. The van der Waals surface area contributed by atoms with E-state index in [1.165, 1.54) is 23.5 Å². The fraction of sp³-hybridized carbons (Fsp3) is 0.217. The summed E-state index contributed by atoms with van der Waals surface area (Å²) >= 11 is 0. The maximum atomic E-state index is 13.6. The summed E-state index contributed by atoms with van der Waals surface area (Å²) in [7, 11) is -0.930. The number of aryl methyl sites for hydroxylation is 1. The molecule has 0 fully saturated rings. The Balaban J connectivity index is 2.20. The van der Waals surface area contributed by atoms with Crippen LogP contribution < -0.4 is 13.8 Å². The summed E-state index contributed by atoms with van der Waals surface area (Å²) in [5, 5.41) is 0. The summed E-state index contributed by atoms with van der Waals surface area (Å²) in [4.78, 5) is -0.00168. The maximum Gasteiger partial charge on any atom is 0.264 e. The van der Waals surface area contributed by atoms with Crippen LogP contribution in [-0.2, 0) is 10.0 Å². The van der Waals surface area contributed by atoms with Gasteiger partial charge in [-0.2, -0.15) is 0 Å². The molecule has 0 aliphatic heterocycles. The molecule has 5 nitrogen and oxygen atoms in total. The first kappa shape index (κ1) is 21.6. The van der Waals surface area contributed by atoms with Gasteiger partial charge in [-0.15, -0.1) is 0 Å². The van der Waals surface area contributed by atoms with Gasteiger partial charge in [0.15, 0.2) is 0 Å². The van der Waals surface area contributed by atoms with Gasteiger partial charge < -0.3 is 9.47 Å². The van der Waals surface area contributed by atoms with Crippen molar-refractivity contribution in [3.05, 3.63) is 83.7 Å². The molecule has 7 heteroatoms. The van der Waals surface area contributed by atoms with E-state index in [1.54, 1.807) is 44.4 Å². The lowest BCUT2D eigenvalue weighted by molar-refractivity contribution is 0.396. The van der Waals surface area contributed by atoms with E-state index in [9.17, 15) is 12.8 Å². The second-order valence-electron chi connectivity index (χ2n) is 6.87. The first-order chi connectivity index (χ1) is 14.3. The zero-order chi connectivity index (χ0) is 21.9. The largest absolute Gasteiger partial charge is 0.497 e. The van der Waals surface area contributed by atoms with E-state index in [2.05, 4.69) is 0 Å². The Hall–Kier alpha value is -3.06. The average molecular weight is 430 g/mol. The lowest BCUT2D eigenvalue weighted by Crippen LogP contribution is -2.34. The van der Waals surface area contributed by atoms with Crippen molar-refractivity contribution in [1.29, 1.82) is 0 Å². The van der Waals surface area contributed by atoms with Gasteiger partial charge in [0, 0.05) is 5.56 Å². The molecular weight excluding hydrogens is 405 g/mol. The number of benzene rings is 3. The van der Waals surface area contributed by atoms with Crippen LogP contribution in [0.4, 0.5) is 10.1 Å². The third kappa shape index (κ3) is 4.26. The standard InChI is InChI=1S/C23H24FNO4S/c1-16-5-9-19(10-6-16)25(30(26,27)21-12-7-18(24)8-13-21)17(2)22-15-20(28-3)11-14-23(22)29-4/h5-15,17H,1-4H3/t17-/m0/s1. The molecule has 0 heterocycles. The van der Waals surface area contributed by atoms with Gasteiger partial charge in [-0.1, -0.05) is 17.7 Å². The van der Waals surface area contributed by atoms with Crippen LogP contribution >= 0.6 is 0 Å². The van der Waals surface area contributed by atoms with Crippen molar-refractivity contribution in [1.82, 2.24) is 0 Å². The van der Waals surface area contributed by atoms with Crippen LogP contribution in [0.1, 0.15) is 24.1 Å². The summed E-state index contributed by atoms with van der Waals surface area (Å²) in [6.07, 6.45) is 0. The molecule has 0 bridgehead atoms. The fourth-order valence-corrected chi connectivity index (χ4v) is 4.91. The highest BCUT2D eigenvalue weighted by atomic mass is 32.2. The van der Waals surface area contributed by atoms with Crippen molar-refractivity contribution in [2.75, 3.05) is 18.5 Å². The first-order valence-electron chi connectivity index (χ1n) is 9.36. The molecule has 1 atom stereocenters. The van der Waals surface area contributed by atoms with Crippen LogP contribution in [0.5, 0.6) is 11.5 Å². The fourth-order valence-electron chi connectivity index (χ4n) is 3.27. The normalized spacial score (nSPS) is 12.3. The minimum atomic E-state index is -4.01. The number of ether oxygens (including phenoxy) is 2. The second-order valence-corrected chi connectivity index (χ2v) is 8.69. The lowest BCUT2D eigenvalue weighted by Gasteiger charge is -2.32. The van der Waals surface area contributed by atoms with E-state index < -0.39 is 21.9 Å². The molecule has 3 rings (SSSR count). The van der Waals surface area contributed by atoms with Crippen LogP contribution in [0.25, 0.3) is 0 Å². The number of sulfonamides is 1. The zero-order valence-electron chi connectivity index (χ0n) is 17.3. The molecule has 0 saturated heterocycles. The van der Waals surface area contributed by atoms with Crippen LogP contribution in [-0.4, -0.2) is 22.6 Å². The quantitative estimate of drug-likeness (QED) is 0.524. The topological polar surface area (TPSA) is 55.8 Å². The molecule has 158 valence electrons. The maximum absolute atomic E-state index is 13.6. The summed E-state index contributed by atoms with van der Waals surface area (Å²) in [5.41, 5.74) is 2.13. The highest BCUT2D eigenvalue weighted by Crippen LogP contribution is 2.38. The summed E-state index contributed by atoms with van der Waals surface area (Å²) in [5.74, 6) is 0.619. The van der Waals surface area contributed by atoms with E-state index in [0.29, 0.717) is 22.7 Å². The van der Waals surface area contributed by atoms with Crippen molar-refractivity contribution in [3.63, 3.8) is 0 Å². The predicted octanol–water partition coefficient (Wildman–Crippen LogP) is 5.11. The molecule has 30 heavy (non-hydrogen) atoms. The number of halogens is 1. The summed E-state index contributed by atoms with van der Waals surface area (Å²) in [6, 6.07) is 16.6. The third-order valence-electron chi connectivity index (χ3n) is 4.90. The van der Waals surface area contributed by atoms with Crippen molar-refractivity contribution < 1.29 is 22.3 Å². The highest BCUT2D eigenvalue weighted by molar-refractivity contribution is 7.92. The van der Waals surface area contributed by atoms with E-state index >= 15 is 0 Å². The Morgan fingerprint density at radius 1 is 0.900 bits per heavy atom. The van der Waals surface area contributed by atoms with Gasteiger partial charge >= 0.3 is 0 Å². The van der Waals surface area contributed by atoms with Crippen LogP contribution in [0.3, 0.4) is 0 Å². The van der Waals surface area contributed by atoms with Gasteiger partial charge in [-0.05, 0) is 68.4 Å². The Morgan fingerprint density at radius 2 is 1.53 bits per heavy atom. The first-order valence-corrected chi connectivity index (χ1v) is 10.8. The molecule has 3 aromatic rings. The van der Waals surface area contributed by atoms with Crippen molar-refractivity contribution in [2.45, 2.75) is 24.8 Å². The molecule has 0 amide bonds. The van der Waals surface area contributed by atoms with Crippen molar-refractivity contribution in [3.8, 4) is 11.5 Å². The Kier molecular flexibility index (Phi) is 6.31. The molecule has 0 N–H and O–H groups in total. The number of anilines is 1. The molecule has 0 aromatic heterocycles. The van der Waals surface area contributed by atoms with Crippen LogP contribution in [0, 0.1) is 12.7 Å². The molecular formula is C23H24FNO4S. The van der Waals surface area contributed by atoms with Gasteiger partial charge in [0.2, 0.25) is 0 Å². The van der Waals surface area contributed by atoms with Gasteiger partial charge in [0.1, 0.15) is 17.3 Å². The number of methoxy groups -OCH3 is 2. The number of nitrogens with zero attached hydrogens (tertiary/aromatic N) is 1. The second kappa shape index (κ2) is 8.75. The minimum Gasteiger partial charge on any atom is -0.497 e. The van der Waals surface area contributed by atoms with Crippen LogP contribution in [0.2, 0.25) is 0 Å². The van der Waals surface area contributed by atoms with Crippen LogP contribution in [0.15, 0.2) is 71.6 Å². The SMILES string of the molecule is COc1ccc(OC)c([C@H](C)N(c2ccc(C)cc2)S(=O)(=O)c2ccc(F)cc2)c1. The number of hydrogen-bond donors (Lipinski definition) is 0. The Labute approximate surface area is 176 Å². The average Bonchev–Trinajstić information content (AvgIpc) is 2.74. The van der Waals surface area contributed by atoms with Crippen molar-refractivity contribution >= 4 is 15.7 Å². The molecule has 0 aliphatic rings. The minimum absolute atomic E-state index is 0.00168. The predicted molar refractivity (Wildman–Crippen MR) is 115 cm³/mol. The van der Waals surface area contributed by atoms with E-state index in [1.807, 2.05) is 19.1 Å². The zero-order valence-corrected chi connectivity index (χ0v) is 18.1. The molecule has 0 spiro atoms. The van der Waals surface area contributed by atoms with Crippen molar-refractivity contribution in [2.24, 2.45) is 0 Å². The summed E-state index contributed by atoms with van der Waals surface area (Å²) < 4.78 is 52.8. The van der Waals surface area contributed by atoms with Gasteiger partial charge in [0.25, 0.3) is 10.0 Å². The summed E-state index contributed by atoms with van der Waals surface area (Å²) in [6.45, 7) is 3.70. The molecule has 0 aliphatic carbocycles. The molecule has 3 aromatic carbocycles. The molecule has 0 unspecified atom stereocenters. The van der Waals surface area contributed by atoms with E-state index in [4.69, 9.17) is 9.47 Å². The molecule has 0 radical (unpaired) electrons. The number of rotatable bonds is 7. The molecule has 0 saturated carbocycles. The Bertz CT molecular complexity index is 1110. The van der Waals surface area contributed by atoms with E-state index in [-0.39, 0.29) is 4.90 Å². The smallest absolute Gasteiger partial charge is 0.264 e. The highest BCUT2D eigenvalue weighted by Gasteiger charge is 2.32. The van der Waals surface area contributed by atoms with Gasteiger partial charge in [-0.3, -0.25) is 4.31 Å². The third-order valence-corrected chi connectivity index (χ3v) is 6.81. The van der Waals surface area contributed by atoms with E-state index in [0.717, 1.165) is 17.7 Å².